The van der Waals surface area contributed by atoms with E-state index in [2.05, 4.69) is 10.6 Å². The van der Waals surface area contributed by atoms with Gasteiger partial charge in [0.25, 0.3) is 11.8 Å². The van der Waals surface area contributed by atoms with Crippen LogP contribution in [-0.2, 0) is 11.3 Å². The van der Waals surface area contributed by atoms with Crippen LogP contribution in [-0.4, -0.2) is 46.4 Å². The van der Waals surface area contributed by atoms with Gasteiger partial charge in [-0.3, -0.25) is 9.59 Å². The highest BCUT2D eigenvalue weighted by Crippen LogP contribution is 2.38. The Bertz CT molecular complexity index is 1590. The van der Waals surface area contributed by atoms with E-state index in [1.165, 1.54) is 0 Å². The molecular weight excluding hydrogens is 528 g/mol. The summed E-state index contributed by atoms with van der Waals surface area (Å²) in [6.07, 6.45) is -1.61. The van der Waals surface area contributed by atoms with E-state index in [9.17, 15) is 19.8 Å². The van der Waals surface area contributed by atoms with Crippen LogP contribution in [0, 0.1) is 0 Å². The van der Waals surface area contributed by atoms with E-state index in [4.69, 9.17) is 0 Å². The summed E-state index contributed by atoms with van der Waals surface area (Å²) in [6.45, 7) is 3.60. The molecule has 0 fully saturated rings. The summed E-state index contributed by atoms with van der Waals surface area (Å²) in [6, 6.07) is 31.8. The molecule has 0 saturated heterocycles. The van der Waals surface area contributed by atoms with Gasteiger partial charge in [0.15, 0.2) is 0 Å². The predicted molar refractivity (Wildman–Crippen MR) is 166 cm³/mol. The van der Waals surface area contributed by atoms with Crippen molar-refractivity contribution in [2.75, 3.05) is 22.6 Å². The van der Waals surface area contributed by atoms with E-state index in [0.29, 0.717) is 34.6 Å². The van der Waals surface area contributed by atoms with E-state index in [1.54, 1.807) is 48.9 Å². The molecule has 5 rings (SSSR count). The van der Waals surface area contributed by atoms with E-state index >= 15 is 0 Å². The van der Waals surface area contributed by atoms with Crippen LogP contribution < -0.4 is 15.5 Å². The van der Waals surface area contributed by atoms with Crippen molar-refractivity contribution in [3.63, 3.8) is 0 Å². The van der Waals surface area contributed by atoms with Gasteiger partial charge in [0.05, 0.1) is 11.3 Å². The Kier molecular flexibility index (Phi) is 8.49. The third-order valence-electron chi connectivity index (χ3n) is 7.32. The maximum Gasteiger partial charge on any atom is 0.258 e. The van der Waals surface area contributed by atoms with Gasteiger partial charge >= 0.3 is 0 Å². The zero-order valence-corrected chi connectivity index (χ0v) is 23.8. The molecule has 4 aromatic rings. The van der Waals surface area contributed by atoms with E-state index in [0.717, 1.165) is 22.5 Å². The monoisotopic (exact) mass is 562 g/mol. The third-order valence-corrected chi connectivity index (χ3v) is 7.32. The Morgan fingerprint density at radius 2 is 1.45 bits per heavy atom. The molecule has 2 amide bonds. The number of aliphatic hydroxyl groups excluding tert-OH is 2. The molecule has 0 radical (unpaired) electrons. The molecule has 4 aromatic carbocycles. The van der Waals surface area contributed by atoms with E-state index in [-0.39, 0.29) is 11.8 Å². The average molecular weight is 563 g/mol. The molecule has 42 heavy (non-hydrogen) atoms. The summed E-state index contributed by atoms with van der Waals surface area (Å²) in [5.74, 6) is -0.450. The Morgan fingerprint density at radius 1 is 0.833 bits per heavy atom. The highest BCUT2D eigenvalue weighted by atomic mass is 16.3. The second kappa shape index (κ2) is 12.4. The number of anilines is 3. The van der Waals surface area contributed by atoms with Crippen LogP contribution in [0.25, 0.3) is 11.3 Å². The van der Waals surface area contributed by atoms with Gasteiger partial charge in [-0.05, 0) is 67.4 Å². The molecule has 2 unspecified atom stereocenters. The minimum absolute atomic E-state index is 0.184. The fraction of sp³-hybridized carbons (Fsp3) is 0.176. The van der Waals surface area contributed by atoms with Crippen LogP contribution in [0.1, 0.15) is 40.9 Å². The molecule has 8 heteroatoms. The number of hydrogen-bond donors (Lipinski definition) is 4. The van der Waals surface area contributed by atoms with Crippen LogP contribution in [0.5, 0.6) is 0 Å². The average Bonchev–Trinajstić information content (AvgIpc) is 3.33. The number of nitrogens with one attached hydrogen (secondary N) is 2. The topological polar surface area (TPSA) is 105 Å². The molecule has 0 saturated carbocycles. The first-order valence-corrected chi connectivity index (χ1v) is 13.8. The standard InChI is InChI=1S/C34H34N4O4/c1-22(39)38(23(2)40)21-24-14-17-27(18-15-24)35-32(25-10-6-4-7-11-25)31-29-20-26(16-19-30(29)36-33(31)41)34(42)37(3)28-12-8-5-9-13-28/h4-20,22-23,35,39-40H,21H2,1-3H3,(H,36,41)/b32-31-. The number of hydrogen-bond acceptors (Lipinski definition) is 6. The van der Waals surface area contributed by atoms with Crippen molar-refractivity contribution >= 4 is 40.1 Å². The molecule has 4 N–H and O–H groups in total. The SMILES string of the molecule is CC(O)N(Cc1ccc(N/C(=C2\C(=O)Nc3ccc(C(=O)N(C)c4ccccc4)cc32)c2ccccc2)cc1)C(C)O. The zero-order valence-electron chi connectivity index (χ0n) is 23.8. The fourth-order valence-electron chi connectivity index (χ4n) is 5.02. The second-order valence-electron chi connectivity index (χ2n) is 10.3. The third kappa shape index (κ3) is 6.11. The molecular formula is C34H34N4O4. The van der Waals surface area contributed by atoms with Gasteiger partial charge in [-0.25, -0.2) is 4.90 Å². The number of carbonyl (C=O) groups excluding carboxylic acids is 2. The van der Waals surface area contributed by atoms with Crippen molar-refractivity contribution in [3.05, 3.63) is 125 Å². The summed E-state index contributed by atoms with van der Waals surface area (Å²) in [5.41, 5.74) is 6.03. The van der Waals surface area contributed by atoms with Crippen LogP contribution in [0.4, 0.5) is 17.1 Å². The predicted octanol–water partition coefficient (Wildman–Crippen LogP) is 5.37. The second-order valence-corrected chi connectivity index (χ2v) is 10.3. The van der Waals surface area contributed by atoms with Crippen LogP contribution in [0.3, 0.4) is 0 Å². The molecule has 0 aliphatic carbocycles. The van der Waals surface area contributed by atoms with Gasteiger partial charge in [-0.2, -0.15) is 0 Å². The van der Waals surface area contributed by atoms with Gasteiger partial charge in [0.1, 0.15) is 12.5 Å². The Labute approximate surface area is 245 Å². The Balaban J connectivity index is 1.51. The van der Waals surface area contributed by atoms with Gasteiger partial charge in [-0.15, -0.1) is 0 Å². The first-order valence-electron chi connectivity index (χ1n) is 13.8. The van der Waals surface area contributed by atoms with Crippen LogP contribution in [0.15, 0.2) is 103 Å². The molecule has 0 bridgehead atoms. The highest BCUT2D eigenvalue weighted by Gasteiger charge is 2.30. The molecule has 0 spiro atoms. The first-order chi connectivity index (χ1) is 20.2. The van der Waals surface area contributed by atoms with Crippen LogP contribution in [0.2, 0.25) is 0 Å². The number of aliphatic hydroxyl groups is 2. The van der Waals surface area contributed by atoms with Crippen molar-refractivity contribution in [1.82, 2.24) is 4.90 Å². The maximum atomic E-state index is 13.4. The van der Waals surface area contributed by atoms with Crippen molar-refractivity contribution in [1.29, 1.82) is 0 Å². The number of fused-ring (bicyclic) bond motifs is 1. The van der Waals surface area contributed by atoms with Gasteiger partial charge in [-0.1, -0.05) is 60.7 Å². The molecule has 1 aliphatic heterocycles. The smallest absolute Gasteiger partial charge is 0.258 e. The highest BCUT2D eigenvalue weighted by molar-refractivity contribution is 6.37. The lowest BCUT2D eigenvalue weighted by Gasteiger charge is -2.28. The largest absolute Gasteiger partial charge is 0.379 e. The maximum absolute atomic E-state index is 13.4. The van der Waals surface area contributed by atoms with Crippen molar-refractivity contribution in [2.45, 2.75) is 32.8 Å². The first kappa shape index (κ1) is 28.8. The zero-order chi connectivity index (χ0) is 29.8. The summed E-state index contributed by atoms with van der Waals surface area (Å²) in [7, 11) is 1.73. The van der Waals surface area contributed by atoms with Crippen molar-refractivity contribution in [3.8, 4) is 0 Å². The lowest BCUT2D eigenvalue weighted by molar-refractivity contribution is -0.110. The van der Waals surface area contributed by atoms with E-state index in [1.807, 2.05) is 84.9 Å². The van der Waals surface area contributed by atoms with Gasteiger partial charge in [0, 0.05) is 41.8 Å². The normalized spacial score (nSPS) is 15.0. The molecule has 214 valence electrons. The minimum atomic E-state index is -0.803. The van der Waals surface area contributed by atoms with E-state index < -0.39 is 12.5 Å². The summed E-state index contributed by atoms with van der Waals surface area (Å²) >= 11 is 0. The number of nitrogens with zero attached hydrogens (tertiary/aromatic N) is 2. The molecule has 1 heterocycles. The molecule has 8 nitrogen and oxygen atoms in total. The Hall–Kier alpha value is -4.76. The lowest BCUT2D eigenvalue weighted by atomic mass is 9.98. The lowest BCUT2D eigenvalue weighted by Crippen LogP contribution is -2.39. The quantitative estimate of drug-likeness (QED) is 0.161. The number of benzene rings is 4. The van der Waals surface area contributed by atoms with Gasteiger partial charge in [0.2, 0.25) is 0 Å². The molecule has 2 atom stereocenters. The molecule has 1 aliphatic rings. The Morgan fingerprint density at radius 3 is 2.07 bits per heavy atom. The van der Waals surface area contributed by atoms with Crippen molar-refractivity contribution in [2.24, 2.45) is 0 Å². The number of amides is 2. The number of rotatable bonds is 9. The minimum Gasteiger partial charge on any atom is -0.379 e. The summed E-state index contributed by atoms with van der Waals surface area (Å²) in [5, 5.41) is 26.4. The number of carbonyl (C=O) groups is 2. The number of para-hydroxylation sites is 1. The van der Waals surface area contributed by atoms with Crippen LogP contribution >= 0.6 is 0 Å². The summed E-state index contributed by atoms with van der Waals surface area (Å²) < 4.78 is 0. The van der Waals surface area contributed by atoms with Crippen molar-refractivity contribution < 1.29 is 19.8 Å². The fourth-order valence-corrected chi connectivity index (χ4v) is 5.02. The van der Waals surface area contributed by atoms with Gasteiger partial charge < -0.3 is 25.7 Å². The summed E-state index contributed by atoms with van der Waals surface area (Å²) in [4.78, 5) is 30.0. The molecule has 0 aromatic heterocycles.